The normalized spacial score (nSPS) is 18.6. The second-order valence-electron chi connectivity index (χ2n) is 5.93. The Morgan fingerprint density at radius 1 is 1.00 bits per heavy atom. The van der Waals surface area contributed by atoms with Gasteiger partial charge < -0.3 is 5.73 Å². The Labute approximate surface area is 125 Å². The molecule has 0 aliphatic carbocycles. The van der Waals surface area contributed by atoms with Gasteiger partial charge in [-0.05, 0) is 36.1 Å². The van der Waals surface area contributed by atoms with Gasteiger partial charge in [0.2, 0.25) is 0 Å². The molecule has 0 amide bonds. The summed E-state index contributed by atoms with van der Waals surface area (Å²) >= 11 is 0. The van der Waals surface area contributed by atoms with E-state index in [-0.39, 0.29) is 5.82 Å². The van der Waals surface area contributed by atoms with Gasteiger partial charge in [0.15, 0.2) is 0 Å². The Morgan fingerprint density at radius 2 is 1.71 bits per heavy atom. The van der Waals surface area contributed by atoms with Crippen LogP contribution in [0.3, 0.4) is 0 Å². The van der Waals surface area contributed by atoms with Crippen LogP contribution in [-0.4, -0.2) is 18.0 Å². The number of hydrogen-bond acceptors (Lipinski definition) is 2. The van der Waals surface area contributed by atoms with Gasteiger partial charge in [-0.1, -0.05) is 42.5 Å². The van der Waals surface area contributed by atoms with Crippen molar-refractivity contribution in [2.45, 2.75) is 24.9 Å². The van der Waals surface area contributed by atoms with E-state index in [0.717, 1.165) is 38.0 Å². The van der Waals surface area contributed by atoms with Gasteiger partial charge in [-0.3, -0.25) is 4.90 Å². The van der Waals surface area contributed by atoms with Crippen molar-refractivity contribution in [1.82, 2.24) is 4.90 Å². The van der Waals surface area contributed by atoms with E-state index >= 15 is 0 Å². The first-order valence-electron chi connectivity index (χ1n) is 7.47. The molecular weight excluding hydrogens is 263 g/mol. The number of hydrogen-bond donors (Lipinski definition) is 1. The fourth-order valence-corrected chi connectivity index (χ4v) is 3.04. The fraction of sp³-hybridized carbons (Fsp3) is 0.333. The molecule has 2 aromatic carbocycles. The van der Waals surface area contributed by atoms with Crippen molar-refractivity contribution in [3.63, 3.8) is 0 Å². The summed E-state index contributed by atoms with van der Waals surface area (Å²) in [7, 11) is 0. The van der Waals surface area contributed by atoms with Crippen LogP contribution in [0.15, 0.2) is 54.6 Å². The summed E-state index contributed by atoms with van der Waals surface area (Å²) in [6, 6.07) is 17.2. The van der Waals surface area contributed by atoms with Crippen molar-refractivity contribution in [2.24, 2.45) is 5.73 Å². The third-order valence-electron chi connectivity index (χ3n) is 4.40. The molecule has 3 heteroatoms. The van der Waals surface area contributed by atoms with Crippen LogP contribution in [0, 0.1) is 5.82 Å². The zero-order valence-corrected chi connectivity index (χ0v) is 12.1. The lowest BCUT2D eigenvalue weighted by atomic mass is 9.82. The molecule has 0 aromatic heterocycles. The van der Waals surface area contributed by atoms with Crippen molar-refractivity contribution in [1.29, 1.82) is 0 Å². The Kier molecular flexibility index (Phi) is 4.04. The van der Waals surface area contributed by atoms with E-state index in [1.807, 2.05) is 12.1 Å². The highest BCUT2D eigenvalue weighted by atomic mass is 19.1. The zero-order chi connectivity index (χ0) is 14.7. The second-order valence-corrected chi connectivity index (χ2v) is 5.93. The predicted octanol–water partition coefficient (Wildman–Crippen LogP) is 3.28. The van der Waals surface area contributed by atoms with Crippen LogP contribution in [0.25, 0.3) is 0 Å². The van der Waals surface area contributed by atoms with Gasteiger partial charge in [0.05, 0.1) is 0 Å². The molecule has 2 N–H and O–H groups in total. The van der Waals surface area contributed by atoms with Crippen molar-refractivity contribution in [3.05, 3.63) is 71.5 Å². The van der Waals surface area contributed by atoms with Crippen LogP contribution >= 0.6 is 0 Å². The van der Waals surface area contributed by atoms with E-state index < -0.39 is 5.54 Å². The number of likely N-dealkylation sites (tertiary alicyclic amines) is 1. The average Bonchev–Trinajstić information content (AvgIpc) is 2.51. The van der Waals surface area contributed by atoms with E-state index in [2.05, 4.69) is 29.2 Å². The van der Waals surface area contributed by atoms with Gasteiger partial charge >= 0.3 is 0 Å². The molecule has 1 saturated heterocycles. The van der Waals surface area contributed by atoms with Crippen molar-refractivity contribution >= 4 is 0 Å². The Hall–Kier alpha value is -1.71. The molecule has 2 aromatic rings. The van der Waals surface area contributed by atoms with Crippen LogP contribution < -0.4 is 5.73 Å². The van der Waals surface area contributed by atoms with Gasteiger partial charge in [-0.2, -0.15) is 0 Å². The summed E-state index contributed by atoms with van der Waals surface area (Å²) in [4.78, 5) is 2.42. The minimum atomic E-state index is -0.394. The number of nitrogens with two attached hydrogens (primary N) is 1. The molecule has 0 atom stereocenters. The molecule has 0 saturated carbocycles. The summed E-state index contributed by atoms with van der Waals surface area (Å²) in [5.74, 6) is -0.205. The first-order chi connectivity index (χ1) is 10.2. The molecule has 0 radical (unpaired) electrons. The van der Waals surface area contributed by atoms with Crippen LogP contribution in [0.1, 0.15) is 24.0 Å². The van der Waals surface area contributed by atoms with E-state index in [4.69, 9.17) is 5.73 Å². The highest BCUT2D eigenvalue weighted by molar-refractivity contribution is 5.25. The topological polar surface area (TPSA) is 29.3 Å². The summed E-state index contributed by atoms with van der Waals surface area (Å²) in [5, 5.41) is 0. The van der Waals surface area contributed by atoms with E-state index in [1.165, 1.54) is 11.6 Å². The van der Waals surface area contributed by atoms with Gasteiger partial charge in [-0.15, -0.1) is 0 Å². The molecule has 1 aliphatic rings. The Morgan fingerprint density at radius 3 is 2.38 bits per heavy atom. The standard InChI is InChI=1S/C18H21FN2/c19-17-8-4-7-16(13-17)18(20)9-11-21(12-10-18)14-15-5-2-1-3-6-15/h1-8,13H,9-12,14,20H2. The second kappa shape index (κ2) is 5.96. The number of benzene rings is 2. The lowest BCUT2D eigenvalue weighted by molar-refractivity contribution is 0.155. The molecule has 1 aliphatic heterocycles. The van der Waals surface area contributed by atoms with E-state index in [0.29, 0.717) is 0 Å². The smallest absolute Gasteiger partial charge is 0.123 e. The van der Waals surface area contributed by atoms with Gasteiger partial charge in [-0.25, -0.2) is 4.39 Å². The van der Waals surface area contributed by atoms with Crippen molar-refractivity contribution in [3.8, 4) is 0 Å². The van der Waals surface area contributed by atoms with Crippen molar-refractivity contribution < 1.29 is 4.39 Å². The minimum Gasteiger partial charge on any atom is -0.321 e. The molecule has 1 fully saturated rings. The van der Waals surface area contributed by atoms with Crippen LogP contribution in [0.5, 0.6) is 0 Å². The first-order valence-corrected chi connectivity index (χ1v) is 7.47. The molecule has 110 valence electrons. The SMILES string of the molecule is NC1(c2cccc(F)c2)CCN(Cc2ccccc2)CC1. The van der Waals surface area contributed by atoms with Gasteiger partial charge in [0.1, 0.15) is 5.82 Å². The molecule has 0 spiro atoms. The highest BCUT2D eigenvalue weighted by Gasteiger charge is 2.32. The summed E-state index contributed by atoms with van der Waals surface area (Å²) < 4.78 is 13.4. The number of piperidine rings is 1. The van der Waals surface area contributed by atoms with Crippen LogP contribution in [0.4, 0.5) is 4.39 Å². The maximum atomic E-state index is 13.4. The maximum absolute atomic E-state index is 13.4. The van der Waals surface area contributed by atoms with E-state index in [9.17, 15) is 4.39 Å². The monoisotopic (exact) mass is 284 g/mol. The van der Waals surface area contributed by atoms with Crippen LogP contribution in [-0.2, 0) is 12.1 Å². The van der Waals surface area contributed by atoms with Gasteiger partial charge in [0, 0.05) is 25.2 Å². The first kappa shape index (κ1) is 14.2. The third kappa shape index (κ3) is 3.31. The largest absolute Gasteiger partial charge is 0.321 e. The zero-order valence-electron chi connectivity index (χ0n) is 12.1. The lowest BCUT2D eigenvalue weighted by Crippen LogP contribution is -2.47. The third-order valence-corrected chi connectivity index (χ3v) is 4.40. The molecule has 0 unspecified atom stereocenters. The summed E-state index contributed by atoms with van der Waals surface area (Å²) in [5.41, 5.74) is 8.36. The number of halogens is 1. The molecule has 21 heavy (non-hydrogen) atoms. The highest BCUT2D eigenvalue weighted by Crippen LogP contribution is 2.31. The van der Waals surface area contributed by atoms with Gasteiger partial charge in [0.25, 0.3) is 0 Å². The summed E-state index contributed by atoms with van der Waals surface area (Å²) in [6.07, 6.45) is 1.73. The molecule has 2 nitrogen and oxygen atoms in total. The van der Waals surface area contributed by atoms with Crippen molar-refractivity contribution in [2.75, 3.05) is 13.1 Å². The fourth-order valence-electron chi connectivity index (χ4n) is 3.04. The van der Waals surface area contributed by atoms with E-state index in [1.54, 1.807) is 12.1 Å². The lowest BCUT2D eigenvalue weighted by Gasteiger charge is -2.39. The molecule has 3 rings (SSSR count). The summed E-state index contributed by atoms with van der Waals surface area (Å²) in [6.45, 7) is 2.85. The molecule has 1 heterocycles. The molecule has 0 bridgehead atoms. The number of nitrogens with zero attached hydrogens (tertiary/aromatic N) is 1. The minimum absolute atomic E-state index is 0.205. The van der Waals surface area contributed by atoms with Crippen LogP contribution in [0.2, 0.25) is 0 Å². The Bertz CT molecular complexity index is 589. The quantitative estimate of drug-likeness (QED) is 0.937. The molecular formula is C18H21FN2. The predicted molar refractivity (Wildman–Crippen MR) is 83.2 cm³/mol. The average molecular weight is 284 g/mol. The Balaban J connectivity index is 1.64. The number of rotatable bonds is 3. The maximum Gasteiger partial charge on any atom is 0.123 e.